The molecule has 0 radical (unpaired) electrons. The molecule has 0 saturated heterocycles. The number of aryl methyl sites for hydroxylation is 1. The zero-order valence-electron chi connectivity index (χ0n) is 6.95. The van der Waals surface area contributed by atoms with Crippen LogP contribution >= 0.6 is 15.9 Å². The van der Waals surface area contributed by atoms with Crippen molar-refractivity contribution in [3.05, 3.63) is 33.8 Å². The third-order valence-corrected chi connectivity index (χ3v) is 2.70. The van der Waals surface area contributed by atoms with Crippen LogP contribution in [0.2, 0.25) is 0 Å². The minimum absolute atomic E-state index is 0.157. The Balaban J connectivity index is 3.24. The van der Waals surface area contributed by atoms with E-state index in [-0.39, 0.29) is 4.47 Å². The van der Waals surface area contributed by atoms with Crippen LogP contribution in [-0.4, -0.2) is 0 Å². The van der Waals surface area contributed by atoms with Crippen LogP contribution in [0.5, 0.6) is 0 Å². The topological polar surface area (TPSA) is 0 Å². The van der Waals surface area contributed by atoms with Gasteiger partial charge in [-0.3, -0.25) is 0 Å². The first-order chi connectivity index (χ1) is 5.96. The van der Waals surface area contributed by atoms with Crippen molar-refractivity contribution in [2.75, 3.05) is 0 Å². The zero-order chi connectivity index (χ0) is 10.1. The maximum absolute atomic E-state index is 12.3. The molecule has 1 rings (SSSR count). The summed E-state index contributed by atoms with van der Waals surface area (Å²) < 4.78 is 37.2. The van der Waals surface area contributed by atoms with Crippen LogP contribution in [0.25, 0.3) is 0 Å². The van der Waals surface area contributed by atoms with E-state index in [0.29, 0.717) is 12.0 Å². The van der Waals surface area contributed by atoms with Gasteiger partial charge in [0.1, 0.15) is 0 Å². The monoisotopic (exact) mass is 252 g/mol. The summed E-state index contributed by atoms with van der Waals surface area (Å²) in [5.74, 6) is 0. The highest BCUT2D eigenvalue weighted by molar-refractivity contribution is 9.10. The fourth-order valence-corrected chi connectivity index (χ4v) is 1.84. The van der Waals surface area contributed by atoms with Crippen LogP contribution in [-0.2, 0) is 12.6 Å². The summed E-state index contributed by atoms with van der Waals surface area (Å²) >= 11 is 2.96. The van der Waals surface area contributed by atoms with Gasteiger partial charge >= 0.3 is 6.18 Å². The van der Waals surface area contributed by atoms with Crippen molar-refractivity contribution in [2.45, 2.75) is 19.5 Å². The summed E-state index contributed by atoms with van der Waals surface area (Å²) in [6.07, 6.45) is -3.69. The first-order valence-electron chi connectivity index (χ1n) is 3.81. The van der Waals surface area contributed by atoms with Gasteiger partial charge in [-0.1, -0.05) is 19.1 Å². The van der Waals surface area contributed by atoms with Crippen molar-refractivity contribution < 1.29 is 13.2 Å². The molecule has 0 aliphatic heterocycles. The summed E-state index contributed by atoms with van der Waals surface area (Å²) in [7, 11) is 0. The molecule has 72 valence electrons. The number of alkyl halides is 3. The van der Waals surface area contributed by atoms with Crippen molar-refractivity contribution in [3.63, 3.8) is 0 Å². The van der Waals surface area contributed by atoms with Crippen molar-refractivity contribution in [1.29, 1.82) is 0 Å². The molecule has 4 heteroatoms. The van der Waals surface area contributed by atoms with E-state index in [1.54, 1.807) is 6.07 Å². The molecular formula is C9H8BrF3. The van der Waals surface area contributed by atoms with Crippen LogP contribution in [0.1, 0.15) is 18.1 Å². The Morgan fingerprint density at radius 2 is 1.92 bits per heavy atom. The third-order valence-electron chi connectivity index (χ3n) is 1.76. The highest BCUT2D eigenvalue weighted by atomic mass is 79.9. The van der Waals surface area contributed by atoms with Crippen molar-refractivity contribution in [3.8, 4) is 0 Å². The lowest BCUT2D eigenvalue weighted by molar-refractivity contribution is -0.138. The van der Waals surface area contributed by atoms with E-state index in [9.17, 15) is 13.2 Å². The van der Waals surface area contributed by atoms with E-state index >= 15 is 0 Å². The second kappa shape index (κ2) is 3.70. The molecule has 0 bridgehead atoms. The van der Waals surface area contributed by atoms with E-state index in [4.69, 9.17) is 0 Å². The smallest absolute Gasteiger partial charge is 0.166 e. The fourth-order valence-electron chi connectivity index (χ4n) is 1.07. The average Bonchev–Trinajstić information content (AvgIpc) is 2.02. The molecular weight excluding hydrogens is 245 g/mol. The van der Waals surface area contributed by atoms with Crippen LogP contribution in [0.4, 0.5) is 13.2 Å². The molecule has 0 N–H and O–H groups in total. The number of rotatable bonds is 1. The van der Waals surface area contributed by atoms with E-state index < -0.39 is 11.7 Å². The van der Waals surface area contributed by atoms with Gasteiger partial charge in [-0.25, -0.2) is 0 Å². The first kappa shape index (κ1) is 10.6. The first-order valence-corrected chi connectivity index (χ1v) is 4.60. The number of hydrogen-bond acceptors (Lipinski definition) is 0. The van der Waals surface area contributed by atoms with Gasteiger partial charge in [-0.15, -0.1) is 0 Å². The van der Waals surface area contributed by atoms with Crippen LogP contribution in [0.3, 0.4) is 0 Å². The summed E-state index contributed by atoms with van der Waals surface area (Å²) in [5, 5.41) is 0. The van der Waals surface area contributed by atoms with Crippen molar-refractivity contribution >= 4 is 15.9 Å². The van der Waals surface area contributed by atoms with Crippen LogP contribution < -0.4 is 0 Å². The Morgan fingerprint density at radius 3 is 2.38 bits per heavy atom. The Labute approximate surface area is 82.9 Å². The second-order valence-corrected chi connectivity index (χ2v) is 3.42. The highest BCUT2D eigenvalue weighted by Crippen LogP contribution is 2.36. The highest BCUT2D eigenvalue weighted by Gasteiger charge is 2.33. The molecule has 0 aliphatic carbocycles. The normalized spacial score (nSPS) is 11.8. The molecule has 0 fully saturated rings. The SMILES string of the molecule is CCc1cccc(C(F)(F)F)c1Br. The molecule has 0 atom stereocenters. The minimum atomic E-state index is -4.27. The van der Waals surface area contributed by atoms with E-state index in [1.807, 2.05) is 6.92 Å². The van der Waals surface area contributed by atoms with Crippen LogP contribution in [0, 0.1) is 0 Å². The second-order valence-electron chi connectivity index (χ2n) is 2.63. The van der Waals surface area contributed by atoms with Gasteiger partial charge in [0.15, 0.2) is 0 Å². The molecule has 0 unspecified atom stereocenters. The standard InChI is InChI=1S/C9H8BrF3/c1-2-6-4-3-5-7(8(6)10)9(11,12)13/h3-5H,2H2,1H3. The van der Waals surface area contributed by atoms with Gasteiger partial charge in [0.05, 0.1) is 5.56 Å². The largest absolute Gasteiger partial charge is 0.417 e. The molecule has 0 aromatic heterocycles. The summed E-state index contributed by atoms with van der Waals surface area (Å²) in [5.41, 5.74) is 0.0710. The van der Waals surface area contributed by atoms with Gasteiger partial charge in [0, 0.05) is 4.47 Å². The lowest BCUT2D eigenvalue weighted by Crippen LogP contribution is -2.06. The van der Waals surface area contributed by atoms with E-state index in [2.05, 4.69) is 15.9 Å². The quantitative estimate of drug-likeness (QED) is 0.708. The Morgan fingerprint density at radius 1 is 1.31 bits per heavy atom. The van der Waals surface area contributed by atoms with Gasteiger partial charge in [0.2, 0.25) is 0 Å². The maximum atomic E-state index is 12.3. The molecule has 0 spiro atoms. The predicted octanol–water partition coefficient (Wildman–Crippen LogP) is 4.03. The Bertz CT molecular complexity index is 304. The number of hydrogen-bond donors (Lipinski definition) is 0. The lowest BCUT2D eigenvalue weighted by atomic mass is 10.1. The lowest BCUT2D eigenvalue weighted by Gasteiger charge is -2.11. The summed E-state index contributed by atoms with van der Waals surface area (Å²) in [4.78, 5) is 0. The van der Waals surface area contributed by atoms with E-state index in [1.165, 1.54) is 6.07 Å². The van der Waals surface area contributed by atoms with Crippen LogP contribution in [0.15, 0.2) is 22.7 Å². The third kappa shape index (κ3) is 2.24. The molecule has 0 heterocycles. The molecule has 0 aliphatic rings. The zero-order valence-corrected chi connectivity index (χ0v) is 8.54. The van der Waals surface area contributed by atoms with Gasteiger partial charge < -0.3 is 0 Å². The Kier molecular flexibility index (Phi) is 3.01. The molecule has 1 aromatic carbocycles. The van der Waals surface area contributed by atoms with Crippen molar-refractivity contribution in [1.82, 2.24) is 0 Å². The Hall–Kier alpha value is -0.510. The minimum Gasteiger partial charge on any atom is -0.166 e. The molecule has 0 saturated carbocycles. The number of halogens is 4. The number of benzene rings is 1. The van der Waals surface area contributed by atoms with E-state index in [0.717, 1.165) is 6.07 Å². The summed E-state index contributed by atoms with van der Waals surface area (Å²) in [6.45, 7) is 1.82. The molecule has 0 amide bonds. The van der Waals surface area contributed by atoms with Gasteiger partial charge in [-0.2, -0.15) is 13.2 Å². The molecule has 0 nitrogen and oxygen atoms in total. The van der Waals surface area contributed by atoms with Gasteiger partial charge in [0.25, 0.3) is 0 Å². The fraction of sp³-hybridized carbons (Fsp3) is 0.333. The van der Waals surface area contributed by atoms with Crippen molar-refractivity contribution in [2.24, 2.45) is 0 Å². The predicted molar refractivity (Wildman–Crippen MR) is 48.5 cm³/mol. The average molecular weight is 253 g/mol. The van der Waals surface area contributed by atoms with Gasteiger partial charge in [-0.05, 0) is 34.0 Å². The molecule has 1 aromatic rings. The summed E-state index contributed by atoms with van der Waals surface area (Å²) in [6, 6.07) is 4.18. The maximum Gasteiger partial charge on any atom is 0.417 e. The molecule has 13 heavy (non-hydrogen) atoms.